The Bertz CT molecular complexity index is 388. The number of thiazole rings is 1. The molecule has 0 spiro atoms. The van der Waals surface area contributed by atoms with Crippen molar-refractivity contribution in [2.75, 3.05) is 19.7 Å². The maximum atomic E-state index is 11.7. The number of hydrogen-bond donors (Lipinski definition) is 2. The molecule has 1 aromatic rings. The Morgan fingerprint density at radius 3 is 3.28 bits per heavy atom. The molecule has 1 saturated heterocycles. The largest absolute Gasteiger partial charge is 0.375 e. The maximum Gasteiger partial charge on any atom is 0.223 e. The van der Waals surface area contributed by atoms with Crippen LogP contribution in [0.5, 0.6) is 0 Å². The highest BCUT2D eigenvalue weighted by Crippen LogP contribution is 2.10. The number of ether oxygens (including phenoxy) is 1. The van der Waals surface area contributed by atoms with E-state index >= 15 is 0 Å². The highest BCUT2D eigenvalue weighted by Gasteiger charge is 2.17. The first-order chi connectivity index (χ1) is 8.78. The summed E-state index contributed by atoms with van der Waals surface area (Å²) >= 11 is 1.59. The molecule has 5 nitrogen and oxygen atoms in total. The molecule has 0 radical (unpaired) electrons. The van der Waals surface area contributed by atoms with E-state index in [0.717, 1.165) is 30.2 Å². The Morgan fingerprint density at radius 2 is 2.61 bits per heavy atom. The Morgan fingerprint density at radius 1 is 1.72 bits per heavy atom. The van der Waals surface area contributed by atoms with Gasteiger partial charge in [-0.05, 0) is 6.42 Å². The van der Waals surface area contributed by atoms with Crippen LogP contribution < -0.4 is 10.6 Å². The summed E-state index contributed by atoms with van der Waals surface area (Å²) in [5.41, 5.74) is 1.09. The van der Waals surface area contributed by atoms with Gasteiger partial charge < -0.3 is 15.4 Å². The highest BCUT2D eigenvalue weighted by atomic mass is 32.1. The van der Waals surface area contributed by atoms with Gasteiger partial charge in [0.1, 0.15) is 5.01 Å². The number of amides is 1. The lowest BCUT2D eigenvalue weighted by atomic mass is 10.2. The summed E-state index contributed by atoms with van der Waals surface area (Å²) in [6, 6.07) is 0. The van der Waals surface area contributed by atoms with E-state index < -0.39 is 0 Å². The van der Waals surface area contributed by atoms with Gasteiger partial charge in [-0.15, -0.1) is 11.3 Å². The summed E-state index contributed by atoms with van der Waals surface area (Å²) in [5.74, 6) is 0.0250. The smallest absolute Gasteiger partial charge is 0.223 e. The molecule has 1 amide bonds. The van der Waals surface area contributed by atoms with E-state index in [1.165, 1.54) is 0 Å². The average molecular weight is 269 g/mol. The number of rotatable bonds is 5. The minimum Gasteiger partial charge on any atom is -0.375 e. The van der Waals surface area contributed by atoms with E-state index in [1.807, 2.05) is 5.38 Å². The second-order valence-corrected chi connectivity index (χ2v) is 5.21. The predicted octanol–water partition coefficient (Wildman–Crippen LogP) is 0.700. The van der Waals surface area contributed by atoms with Crippen molar-refractivity contribution in [1.29, 1.82) is 0 Å². The van der Waals surface area contributed by atoms with Gasteiger partial charge in [-0.1, -0.05) is 6.92 Å². The minimum atomic E-state index is 0.00116. The topological polar surface area (TPSA) is 63.2 Å². The van der Waals surface area contributed by atoms with Crippen molar-refractivity contribution in [2.45, 2.75) is 32.4 Å². The molecule has 1 aromatic heterocycles. The zero-order chi connectivity index (χ0) is 12.8. The molecule has 1 fully saturated rings. The van der Waals surface area contributed by atoms with Crippen LogP contribution in [0.4, 0.5) is 0 Å². The molecule has 1 aliphatic rings. The molecule has 0 unspecified atom stereocenters. The quantitative estimate of drug-likeness (QED) is 0.826. The molecule has 1 aliphatic heterocycles. The second kappa shape index (κ2) is 6.82. The Hall–Kier alpha value is -0.980. The van der Waals surface area contributed by atoms with Crippen LogP contribution in [0.15, 0.2) is 5.38 Å². The monoisotopic (exact) mass is 269 g/mol. The second-order valence-electron chi connectivity index (χ2n) is 4.26. The molecule has 0 aromatic carbocycles. The van der Waals surface area contributed by atoms with Gasteiger partial charge in [-0.3, -0.25) is 4.79 Å². The predicted molar refractivity (Wildman–Crippen MR) is 70.6 cm³/mol. The summed E-state index contributed by atoms with van der Waals surface area (Å²) in [5, 5.41) is 9.09. The van der Waals surface area contributed by atoms with Crippen molar-refractivity contribution in [3.63, 3.8) is 0 Å². The van der Waals surface area contributed by atoms with E-state index in [4.69, 9.17) is 4.74 Å². The Labute approximate surface area is 111 Å². The lowest BCUT2D eigenvalue weighted by Gasteiger charge is -2.22. The molecule has 0 aliphatic carbocycles. The summed E-state index contributed by atoms with van der Waals surface area (Å²) in [4.78, 5) is 16.1. The van der Waals surface area contributed by atoms with Gasteiger partial charge in [0.05, 0.1) is 31.4 Å². The zero-order valence-electron chi connectivity index (χ0n) is 10.6. The lowest BCUT2D eigenvalue weighted by molar-refractivity contribution is -0.124. The van der Waals surface area contributed by atoms with E-state index in [9.17, 15) is 4.79 Å². The Balaban J connectivity index is 1.70. The third-order valence-electron chi connectivity index (χ3n) is 2.82. The zero-order valence-corrected chi connectivity index (χ0v) is 11.4. The molecule has 6 heteroatoms. The molecular formula is C12H19N3O2S. The number of carbonyl (C=O) groups excluding carboxylic acids is 1. The molecule has 0 bridgehead atoms. The van der Waals surface area contributed by atoms with E-state index in [-0.39, 0.29) is 12.0 Å². The van der Waals surface area contributed by atoms with Gasteiger partial charge in [-0.25, -0.2) is 4.98 Å². The normalized spacial score (nSPS) is 19.7. The van der Waals surface area contributed by atoms with Crippen LogP contribution in [0.3, 0.4) is 0 Å². The Kier molecular flexibility index (Phi) is 5.10. The number of morpholine rings is 1. The van der Waals surface area contributed by atoms with Gasteiger partial charge >= 0.3 is 0 Å². The third-order valence-corrected chi connectivity index (χ3v) is 3.71. The first-order valence-electron chi connectivity index (χ1n) is 6.30. The van der Waals surface area contributed by atoms with Crippen molar-refractivity contribution in [3.8, 4) is 0 Å². The number of nitrogens with one attached hydrogen (secondary N) is 2. The number of aromatic nitrogens is 1. The summed E-state index contributed by atoms with van der Waals surface area (Å²) < 4.78 is 5.49. The minimum absolute atomic E-state index is 0.00116. The van der Waals surface area contributed by atoms with Gasteiger partial charge in [0, 0.05) is 18.5 Å². The van der Waals surface area contributed by atoms with Crippen molar-refractivity contribution in [1.82, 2.24) is 15.6 Å². The van der Waals surface area contributed by atoms with Crippen molar-refractivity contribution >= 4 is 17.2 Å². The van der Waals surface area contributed by atoms with Crippen molar-refractivity contribution < 1.29 is 9.53 Å². The fourth-order valence-electron chi connectivity index (χ4n) is 1.80. The summed E-state index contributed by atoms with van der Waals surface area (Å²) in [7, 11) is 0. The maximum absolute atomic E-state index is 11.7. The average Bonchev–Trinajstić information content (AvgIpc) is 2.85. The fourth-order valence-corrected chi connectivity index (χ4v) is 2.61. The number of carbonyl (C=O) groups is 1. The summed E-state index contributed by atoms with van der Waals surface area (Å²) in [6.07, 6.45) is 1.35. The van der Waals surface area contributed by atoms with Crippen LogP contribution in [-0.4, -0.2) is 36.7 Å². The third kappa shape index (κ3) is 4.04. The van der Waals surface area contributed by atoms with Crippen molar-refractivity contribution in [2.24, 2.45) is 0 Å². The van der Waals surface area contributed by atoms with E-state index in [0.29, 0.717) is 19.6 Å². The molecule has 2 rings (SSSR count). The number of hydrogen-bond acceptors (Lipinski definition) is 5. The molecular weight excluding hydrogens is 250 g/mol. The first-order valence-corrected chi connectivity index (χ1v) is 7.18. The lowest BCUT2D eigenvalue weighted by Crippen LogP contribution is -2.41. The molecule has 2 heterocycles. The molecule has 0 saturated carbocycles. The van der Waals surface area contributed by atoms with Gasteiger partial charge in [0.15, 0.2) is 0 Å². The van der Waals surface area contributed by atoms with Crippen LogP contribution in [0.1, 0.15) is 24.0 Å². The van der Waals surface area contributed by atoms with Crippen LogP contribution in [0.2, 0.25) is 0 Å². The van der Waals surface area contributed by atoms with Crippen molar-refractivity contribution in [3.05, 3.63) is 16.1 Å². The molecule has 100 valence electrons. The SMILES string of the molecule is CCc1csc(CNC(=O)C[C@@H]2CNCCO2)n1. The van der Waals surface area contributed by atoms with E-state index in [1.54, 1.807) is 11.3 Å². The molecule has 1 atom stereocenters. The fraction of sp³-hybridized carbons (Fsp3) is 0.667. The van der Waals surface area contributed by atoms with Crippen LogP contribution in [-0.2, 0) is 22.5 Å². The number of aryl methyl sites for hydroxylation is 1. The van der Waals surface area contributed by atoms with Gasteiger partial charge in [0.25, 0.3) is 0 Å². The standard InChI is InChI=1S/C12H19N3O2S/c1-2-9-8-18-12(15-9)7-14-11(16)5-10-6-13-3-4-17-10/h8,10,13H,2-7H2,1H3,(H,14,16)/t10-/m1/s1. The first kappa shape index (κ1) is 13.5. The van der Waals surface area contributed by atoms with Crippen LogP contribution in [0.25, 0.3) is 0 Å². The highest BCUT2D eigenvalue weighted by molar-refractivity contribution is 7.09. The van der Waals surface area contributed by atoms with Crippen LogP contribution in [0, 0.1) is 0 Å². The summed E-state index contributed by atoms with van der Waals surface area (Å²) in [6.45, 7) is 4.90. The van der Waals surface area contributed by atoms with Gasteiger partial charge in [0.2, 0.25) is 5.91 Å². The van der Waals surface area contributed by atoms with E-state index in [2.05, 4.69) is 22.5 Å². The molecule has 2 N–H and O–H groups in total. The number of nitrogens with zero attached hydrogens (tertiary/aromatic N) is 1. The van der Waals surface area contributed by atoms with Crippen LogP contribution >= 0.6 is 11.3 Å². The molecule has 18 heavy (non-hydrogen) atoms. The van der Waals surface area contributed by atoms with Gasteiger partial charge in [-0.2, -0.15) is 0 Å².